The van der Waals surface area contributed by atoms with Gasteiger partial charge in [0.1, 0.15) is 0 Å². The summed E-state index contributed by atoms with van der Waals surface area (Å²) in [5.74, 6) is 0.136. The second kappa shape index (κ2) is 5.61. The number of aryl methyl sites for hydroxylation is 1. The Kier molecular flexibility index (Phi) is 4.84. The van der Waals surface area contributed by atoms with Gasteiger partial charge in [0.05, 0.1) is 11.4 Å². The van der Waals surface area contributed by atoms with Crippen molar-refractivity contribution in [3.8, 4) is 0 Å². The zero-order valence-electron chi connectivity index (χ0n) is 11.2. The van der Waals surface area contributed by atoms with Crippen molar-refractivity contribution in [2.45, 2.75) is 34.1 Å². The zero-order valence-corrected chi connectivity index (χ0v) is 13.7. The van der Waals surface area contributed by atoms with Crippen molar-refractivity contribution in [3.05, 3.63) is 28.2 Å². The van der Waals surface area contributed by atoms with Crippen molar-refractivity contribution < 1.29 is 8.42 Å². The Morgan fingerprint density at radius 2 is 1.89 bits per heavy atom. The van der Waals surface area contributed by atoms with Gasteiger partial charge in [0.2, 0.25) is 10.0 Å². The normalized spacial score (nSPS) is 12.5. The van der Waals surface area contributed by atoms with Gasteiger partial charge in [-0.05, 0) is 52.4 Å². The fraction of sp³-hybridized carbons (Fsp3) is 0.538. The van der Waals surface area contributed by atoms with Crippen molar-refractivity contribution >= 4 is 31.6 Å². The molecule has 0 saturated heterocycles. The Balaban J connectivity index is 2.80. The predicted octanol–water partition coefficient (Wildman–Crippen LogP) is 3.94. The maximum Gasteiger partial charge on any atom is 0.232 e. The number of anilines is 1. The topological polar surface area (TPSA) is 46.2 Å². The number of hydrogen-bond acceptors (Lipinski definition) is 2. The van der Waals surface area contributed by atoms with Gasteiger partial charge in [0.25, 0.3) is 0 Å². The van der Waals surface area contributed by atoms with E-state index in [0.717, 1.165) is 10.0 Å². The molecule has 0 spiro atoms. The van der Waals surface area contributed by atoms with E-state index >= 15 is 0 Å². The molecule has 0 saturated carbocycles. The van der Waals surface area contributed by atoms with Crippen LogP contribution in [0.2, 0.25) is 0 Å². The molecule has 1 aromatic rings. The average molecular weight is 334 g/mol. The highest BCUT2D eigenvalue weighted by Crippen LogP contribution is 2.25. The third-order valence-electron chi connectivity index (χ3n) is 2.51. The van der Waals surface area contributed by atoms with E-state index < -0.39 is 10.0 Å². The smallest absolute Gasteiger partial charge is 0.232 e. The second-order valence-corrected chi connectivity index (χ2v) is 8.41. The second-order valence-electron chi connectivity index (χ2n) is 5.71. The fourth-order valence-electron chi connectivity index (χ4n) is 1.38. The largest absolute Gasteiger partial charge is 0.282 e. The van der Waals surface area contributed by atoms with E-state index in [0.29, 0.717) is 12.1 Å². The van der Waals surface area contributed by atoms with Crippen molar-refractivity contribution in [1.82, 2.24) is 0 Å². The molecule has 0 aromatic heterocycles. The Morgan fingerprint density at radius 3 is 2.44 bits per heavy atom. The molecule has 3 nitrogen and oxygen atoms in total. The summed E-state index contributed by atoms with van der Waals surface area (Å²) in [7, 11) is -3.29. The first kappa shape index (κ1) is 15.5. The maximum atomic E-state index is 12.0. The van der Waals surface area contributed by atoms with Crippen molar-refractivity contribution in [3.63, 3.8) is 0 Å². The van der Waals surface area contributed by atoms with Gasteiger partial charge in [-0.25, -0.2) is 8.42 Å². The molecule has 0 heterocycles. The molecule has 18 heavy (non-hydrogen) atoms. The molecule has 0 aliphatic rings. The maximum absolute atomic E-state index is 12.0. The molecule has 0 aliphatic heterocycles. The summed E-state index contributed by atoms with van der Waals surface area (Å²) in [4.78, 5) is 0. The van der Waals surface area contributed by atoms with Crippen LogP contribution in [0.5, 0.6) is 0 Å². The SMILES string of the molecule is Cc1ccc(Br)c(NS(=O)(=O)CCC(C)(C)C)c1. The van der Waals surface area contributed by atoms with Crippen LogP contribution in [0.15, 0.2) is 22.7 Å². The molecule has 0 radical (unpaired) electrons. The van der Waals surface area contributed by atoms with E-state index in [-0.39, 0.29) is 11.2 Å². The number of benzene rings is 1. The van der Waals surface area contributed by atoms with E-state index in [1.165, 1.54) is 0 Å². The van der Waals surface area contributed by atoms with Crippen LogP contribution in [-0.2, 0) is 10.0 Å². The lowest BCUT2D eigenvalue weighted by atomic mass is 9.94. The quantitative estimate of drug-likeness (QED) is 0.907. The van der Waals surface area contributed by atoms with Crippen molar-refractivity contribution in [1.29, 1.82) is 0 Å². The minimum Gasteiger partial charge on any atom is -0.282 e. The summed E-state index contributed by atoms with van der Waals surface area (Å²) in [5, 5.41) is 0. The van der Waals surface area contributed by atoms with Gasteiger partial charge in [-0.2, -0.15) is 0 Å². The Bertz CT molecular complexity index is 518. The summed E-state index contributed by atoms with van der Waals surface area (Å²) in [5.41, 5.74) is 1.63. The monoisotopic (exact) mass is 333 g/mol. The zero-order chi connectivity index (χ0) is 14.0. The number of sulfonamides is 1. The standard InChI is InChI=1S/C13H20BrNO2S/c1-10-5-6-11(14)12(9-10)15-18(16,17)8-7-13(2,3)4/h5-6,9,15H,7-8H2,1-4H3. The minimum atomic E-state index is -3.29. The van der Waals surface area contributed by atoms with Gasteiger partial charge in [-0.15, -0.1) is 0 Å². The third-order valence-corrected chi connectivity index (χ3v) is 4.47. The molecular formula is C13H20BrNO2S. The number of nitrogens with one attached hydrogen (secondary N) is 1. The summed E-state index contributed by atoms with van der Waals surface area (Å²) >= 11 is 3.35. The van der Waals surface area contributed by atoms with Gasteiger partial charge in [-0.1, -0.05) is 26.8 Å². The lowest BCUT2D eigenvalue weighted by Gasteiger charge is -2.18. The Hall–Kier alpha value is -0.550. The summed E-state index contributed by atoms with van der Waals surface area (Å²) in [6.07, 6.45) is 0.631. The van der Waals surface area contributed by atoms with Gasteiger partial charge < -0.3 is 0 Å². The molecule has 5 heteroatoms. The molecule has 0 amide bonds. The predicted molar refractivity (Wildman–Crippen MR) is 80.4 cm³/mol. The van der Waals surface area contributed by atoms with Crippen molar-refractivity contribution in [2.75, 3.05) is 10.5 Å². The Labute approximate surface area is 118 Å². The molecule has 102 valence electrons. The highest BCUT2D eigenvalue weighted by Gasteiger charge is 2.18. The summed E-state index contributed by atoms with van der Waals surface area (Å²) in [6, 6.07) is 5.59. The molecule has 0 fully saturated rings. The van der Waals surface area contributed by atoms with Crippen LogP contribution in [0.25, 0.3) is 0 Å². The van der Waals surface area contributed by atoms with Crippen LogP contribution in [-0.4, -0.2) is 14.2 Å². The molecule has 0 bridgehead atoms. The van der Waals surface area contributed by atoms with Crippen LogP contribution < -0.4 is 4.72 Å². The van der Waals surface area contributed by atoms with Crippen LogP contribution in [0.1, 0.15) is 32.8 Å². The lowest BCUT2D eigenvalue weighted by molar-refractivity contribution is 0.397. The molecule has 0 aliphatic carbocycles. The van der Waals surface area contributed by atoms with E-state index in [1.807, 2.05) is 45.9 Å². The fourth-order valence-corrected chi connectivity index (χ4v) is 3.34. The van der Waals surface area contributed by atoms with E-state index in [9.17, 15) is 8.42 Å². The molecule has 1 rings (SSSR count). The van der Waals surface area contributed by atoms with Crippen LogP contribution in [0.4, 0.5) is 5.69 Å². The summed E-state index contributed by atoms with van der Waals surface area (Å²) in [6.45, 7) is 8.03. The van der Waals surface area contributed by atoms with Gasteiger partial charge in [0.15, 0.2) is 0 Å². The minimum absolute atomic E-state index is 0.0125. The van der Waals surface area contributed by atoms with Gasteiger partial charge in [0, 0.05) is 4.47 Å². The van der Waals surface area contributed by atoms with Crippen LogP contribution in [0.3, 0.4) is 0 Å². The van der Waals surface area contributed by atoms with Crippen molar-refractivity contribution in [2.24, 2.45) is 5.41 Å². The lowest BCUT2D eigenvalue weighted by Crippen LogP contribution is -2.21. The highest BCUT2D eigenvalue weighted by molar-refractivity contribution is 9.10. The van der Waals surface area contributed by atoms with Crippen LogP contribution >= 0.6 is 15.9 Å². The van der Waals surface area contributed by atoms with Crippen LogP contribution in [0, 0.1) is 12.3 Å². The number of halogens is 1. The van der Waals surface area contributed by atoms with E-state index in [2.05, 4.69) is 20.7 Å². The number of rotatable bonds is 4. The molecule has 0 unspecified atom stereocenters. The molecule has 1 N–H and O–H groups in total. The first-order valence-corrected chi connectivity index (χ1v) is 8.30. The summed E-state index contributed by atoms with van der Waals surface area (Å²) < 4.78 is 27.3. The number of hydrogen-bond donors (Lipinski definition) is 1. The highest BCUT2D eigenvalue weighted by atomic mass is 79.9. The van der Waals surface area contributed by atoms with Gasteiger partial charge in [-0.3, -0.25) is 4.72 Å². The molecule has 1 aromatic carbocycles. The van der Waals surface area contributed by atoms with E-state index in [1.54, 1.807) is 0 Å². The third kappa shape index (κ3) is 5.40. The molecular weight excluding hydrogens is 314 g/mol. The average Bonchev–Trinajstić information content (AvgIpc) is 2.20. The first-order valence-electron chi connectivity index (χ1n) is 5.86. The Morgan fingerprint density at radius 1 is 1.28 bits per heavy atom. The van der Waals surface area contributed by atoms with E-state index in [4.69, 9.17) is 0 Å². The first-order chi connectivity index (χ1) is 8.09. The molecule has 0 atom stereocenters. The van der Waals surface area contributed by atoms with Gasteiger partial charge >= 0.3 is 0 Å².